The van der Waals surface area contributed by atoms with Crippen LogP contribution in [0, 0.1) is 5.92 Å². The predicted octanol–water partition coefficient (Wildman–Crippen LogP) is 2.37. The van der Waals surface area contributed by atoms with Crippen LogP contribution in [0.3, 0.4) is 0 Å². The van der Waals surface area contributed by atoms with Gasteiger partial charge in [0.1, 0.15) is 5.82 Å². The zero-order valence-corrected chi connectivity index (χ0v) is 11.4. The number of nitrogens with two attached hydrogens (primary N) is 1. The summed E-state index contributed by atoms with van der Waals surface area (Å²) in [5, 5.41) is 2.97. The highest BCUT2D eigenvalue weighted by atomic mass is 32.1. The molecule has 1 aromatic rings. The van der Waals surface area contributed by atoms with E-state index in [9.17, 15) is 0 Å². The molecule has 17 heavy (non-hydrogen) atoms. The third-order valence-corrected chi connectivity index (χ3v) is 3.98. The first-order chi connectivity index (χ1) is 8.15. The van der Waals surface area contributed by atoms with Crippen LogP contribution in [0.15, 0.2) is 5.38 Å². The molecule has 1 saturated heterocycles. The molecule has 0 bridgehead atoms. The fourth-order valence-corrected chi connectivity index (χ4v) is 2.81. The van der Waals surface area contributed by atoms with Crippen molar-refractivity contribution in [3.8, 4) is 0 Å². The minimum Gasteiger partial charge on any atom is -0.383 e. The van der Waals surface area contributed by atoms with Gasteiger partial charge in [-0.15, -0.1) is 11.3 Å². The molecule has 1 fully saturated rings. The molecule has 0 atom stereocenters. The third-order valence-electron chi connectivity index (χ3n) is 3.06. The van der Waals surface area contributed by atoms with Gasteiger partial charge in [0.2, 0.25) is 0 Å². The van der Waals surface area contributed by atoms with E-state index in [1.54, 1.807) is 11.3 Å². The quantitative estimate of drug-likeness (QED) is 0.897. The normalized spacial score (nSPS) is 17.9. The van der Waals surface area contributed by atoms with E-state index in [0.717, 1.165) is 24.8 Å². The Kier molecular flexibility index (Phi) is 4.23. The fraction of sp³-hybridized carbons (Fsp3) is 0.750. The van der Waals surface area contributed by atoms with Crippen LogP contribution in [0.25, 0.3) is 0 Å². The Morgan fingerprint density at radius 3 is 2.76 bits per heavy atom. The Balaban J connectivity index is 1.78. The van der Waals surface area contributed by atoms with Gasteiger partial charge in [-0.25, -0.2) is 4.98 Å². The summed E-state index contributed by atoms with van der Waals surface area (Å²) < 4.78 is 5.67. The average Bonchev–Trinajstić information content (AvgIpc) is 2.74. The molecule has 0 saturated carbocycles. The first kappa shape index (κ1) is 12.6. The number of anilines is 2. The lowest BCUT2D eigenvalue weighted by Crippen LogP contribution is -2.35. The van der Waals surface area contributed by atoms with Gasteiger partial charge in [0.25, 0.3) is 0 Å². The monoisotopic (exact) mass is 255 g/mol. The summed E-state index contributed by atoms with van der Waals surface area (Å²) in [5.74, 6) is 1.33. The fourth-order valence-electron chi connectivity index (χ4n) is 2.04. The standard InChI is InChI=1S/C12H21N3OS/c1-9(2)16-7-10-3-5-15(6-4-10)12-14-11(13)8-17-12/h8-10H,3-7,13H2,1-2H3. The van der Waals surface area contributed by atoms with Crippen LogP contribution in [0.4, 0.5) is 10.9 Å². The molecule has 1 aliphatic heterocycles. The van der Waals surface area contributed by atoms with E-state index >= 15 is 0 Å². The van der Waals surface area contributed by atoms with E-state index in [4.69, 9.17) is 10.5 Å². The maximum Gasteiger partial charge on any atom is 0.187 e. The van der Waals surface area contributed by atoms with Crippen molar-refractivity contribution < 1.29 is 4.74 Å². The Morgan fingerprint density at radius 1 is 1.53 bits per heavy atom. The number of nitrogen functional groups attached to an aromatic ring is 1. The van der Waals surface area contributed by atoms with Crippen molar-refractivity contribution in [2.75, 3.05) is 30.3 Å². The molecule has 2 N–H and O–H groups in total. The van der Waals surface area contributed by atoms with Gasteiger partial charge in [0.15, 0.2) is 5.13 Å². The van der Waals surface area contributed by atoms with Gasteiger partial charge < -0.3 is 15.4 Å². The second-order valence-electron chi connectivity index (χ2n) is 4.87. The summed E-state index contributed by atoms with van der Waals surface area (Å²) in [6.07, 6.45) is 2.71. The van der Waals surface area contributed by atoms with Crippen LogP contribution in [-0.2, 0) is 4.74 Å². The van der Waals surface area contributed by atoms with Gasteiger partial charge >= 0.3 is 0 Å². The SMILES string of the molecule is CC(C)OCC1CCN(c2nc(N)cs2)CC1. The van der Waals surface area contributed by atoms with Gasteiger partial charge in [-0.1, -0.05) is 0 Å². The highest BCUT2D eigenvalue weighted by Gasteiger charge is 2.21. The van der Waals surface area contributed by atoms with Gasteiger partial charge in [0.05, 0.1) is 6.10 Å². The summed E-state index contributed by atoms with van der Waals surface area (Å²) in [7, 11) is 0. The molecule has 2 rings (SSSR count). The predicted molar refractivity (Wildman–Crippen MR) is 72.6 cm³/mol. The number of hydrogen-bond donors (Lipinski definition) is 1. The van der Waals surface area contributed by atoms with Gasteiger partial charge in [-0.3, -0.25) is 0 Å². The molecule has 2 heterocycles. The Morgan fingerprint density at radius 2 is 2.24 bits per heavy atom. The zero-order chi connectivity index (χ0) is 12.3. The minimum atomic E-state index is 0.340. The maximum absolute atomic E-state index is 5.67. The lowest BCUT2D eigenvalue weighted by Gasteiger charge is -2.31. The molecule has 5 heteroatoms. The van der Waals surface area contributed by atoms with E-state index in [1.165, 1.54) is 12.8 Å². The number of nitrogens with zero attached hydrogens (tertiary/aromatic N) is 2. The smallest absolute Gasteiger partial charge is 0.187 e. The van der Waals surface area contributed by atoms with E-state index in [0.29, 0.717) is 17.8 Å². The second-order valence-corrected chi connectivity index (χ2v) is 5.70. The summed E-state index contributed by atoms with van der Waals surface area (Å²) in [6.45, 7) is 7.21. The van der Waals surface area contributed by atoms with Crippen LogP contribution in [-0.4, -0.2) is 30.8 Å². The number of aromatic nitrogens is 1. The van der Waals surface area contributed by atoms with Crippen LogP contribution < -0.4 is 10.6 Å². The molecule has 4 nitrogen and oxygen atoms in total. The molecular weight excluding hydrogens is 234 g/mol. The zero-order valence-electron chi connectivity index (χ0n) is 10.6. The first-order valence-corrected chi connectivity index (χ1v) is 7.10. The van der Waals surface area contributed by atoms with E-state index in [1.807, 2.05) is 5.38 Å². The molecule has 0 radical (unpaired) electrons. The van der Waals surface area contributed by atoms with E-state index in [2.05, 4.69) is 23.7 Å². The van der Waals surface area contributed by atoms with E-state index < -0.39 is 0 Å². The number of thiazole rings is 1. The topological polar surface area (TPSA) is 51.4 Å². The van der Waals surface area contributed by atoms with Crippen molar-refractivity contribution in [2.24, 2.45) is 5.92 Å². The van der Waals surface area contributed by atoms with Gasteiger partial charge in [-0.2, -0.15) is 0 Å². The molecule has 0 aliphatic carbocycles. The highest BCUT2D eigenvalue weighted by Crippen LogP contribution is 2.27. The summed E-state index contributed by atoms with van der Waals surface area (Å²) in [6, 6.07) is 0. The number of rotatable bonds is 4. The Bertz CT molecular complexity index is 345. The van der Waals surface area contributed by atoms with E-state index in [-0.39, 0.29) is 0 Å². The van der Waals surface area contributed by atoms with Crippen LogP contribution >= 0.6 is 11.3 Å². The van der Waals surface area contributed by atoms with Crippen LogP contribution in [0.1, 0.15) is 26.7 Å². The lowest BCUT2D eigenvalue weighted by atomic mass is 9.98. The van der Waals surface area contributed by atoms with Crippen LogP contribution in [0.2, 0.25) is 0 Å². The largest absolute Gasteiger partial charge is 0.383 e. The number of piperidine rings is 1. The minimum absolute atomic E-state index is 0.340. The molecule has 0 spiro atoms. The number of hydrogen-bond acceptors (Lipinski definition) is 5. The highest BCUT2D eigenvalue weighted by molar-refractivity contribution is 7.14. The molecule has 1 aliphatic rings. The van der Waals surface area contributed by atoms with Crippen molar-refractivity contribution in [1.29, 1.82) is 0 Å². The lowest BCUT2D eigenvalue weighted by molar-refractivity contribution is 0.0449. The summed E-state index contributed by atoms with van der Waals surface area (Å²) in [5.41, 5.74) is 5.65. The van der Waals surface area contributed by atoms with Crippen LogP contribution in [0.5, 0.6) is 0 Å². The molecule has 0 aromatic carbocycles. The molecule has 1 aromatic heterocycles. The Labute approximate surface area is 107 Å². The third kappa shape index (κ3) is 3.57. The van der Waals surface area contributed by atoms with Crippen molar-refractivity contribution in [1.82, 2.24) is 4.98 Å². The second kappa shape index (κ2) is 5.69. The molecule has 0 unspecified atom stereocenters. The Hall–Kier alpha value is -0.810. The molecular formula is C12H21N3OS. The van der Waals surface area contributed by atoms with Crippen molar-refractivity contribution >= 4 is 22.3 Å². The molecule has 0 amide bonds. The average molecular weight is 255 g/mol. The maximum atomic E-state index is 5.67. The van der Waals surface area contributed by atoms with Crippen molar-refractivity contribution in [2.45, 2.75) is 32.8 Å². The summed E-state index contributed by atoms with van der Waals surface area (Å²) >= 11 is 1.63. The van der Waals surface area contributed by atoms with Crippen molar-refractivity contribution in [3.63, 3.8) is 0 Å². The van der Waals surface area contributed by atoms with Gasteiger partial charge in [-0.05, 0) is 32.6 Å². The number of ether oxygens (including phenoxy) is 1. The van der Waals surface area contributed by atoms with Crippen molar-refractivity contribution in [3.05, 3.63) is 5.38 Å². The first-order valence-electron chi connectivity index (χ1n) is 6.22. The van der Waals surface area contributed by atoms with Gasteiger partial charge in [0, 0.05) is 25.1 Å². The summed E-state index contributed by atoms with van der Waals surface area (Å²) in [4.78, 5) is 6.65. The molecule has 96 valence electrons.